The van der Waals surface area contributed by atoms with Crippen LogP contribution in [-0.4, -0.2) is 37.9 Å². The maximum absolute atomic E-state index is 5.88. The van der Waals surface area contributed by atoms with E-state index in [0.717, 1.165) is 11.4 Å². The molecule has 0 aliphatic carbocycles. The Morgan fingerprint density at radius 2 is 2.00 bits per heavy atom. The first kappa shape index (κ1) is 16.9. The average molecular weight is 361 g/mol. The van der Waals surface area contributed by atoms with Gasteiger partial charge < -0.3 is 15.2 Å². The predicted molar refractivity (Wildman–Crippen MR) is 92.8 cm³/mol. The lowest BCUT2D eigenvalue weighted by Gasteiger charge is -2.09. The molecule has 2 N–H and O–H groups in total. The third-order valence-electron chi connectivity index (χ3n) is 3.42. The second kappa shape index (κ2) is 7.75. The van der Waals surface area contributed by atoms with Crippen molar-refractivity contribution in [1.29, 1.82) is 0 Å². The zero-order chi connectivity index (χ0) is 17.6. The number of nitrogens with one attached hydrogen (secondary N) is 2. The van der Waals surface area contributed by atoms with Crippen LogP contribution in [0, 0.1) is 0 Å². The van der Waals surface area contributed by atoms with E-state index in [4.69, 9.17) is 16.1 Å². The van der Waals surface area contributed by atoms with Crippen molar-refractivity contribution in [3.63, 3.8) is 0 Å². The highest BCUT2D eigenvalue weighted by Gasteiger charge is 2.09. The van der Waals surface area contributed by atoms with Gasteiger partial charge in [-0.15, -0.1) is 0 Å². The molecule has 2 aromatic heterocycles. The van der Waals surface area contributed by atoms with Crippen molar-refractivity contribution in [2.75, 3.05) is 7.05 Å². The zero-order valence-electron chi connectivity index (χ0n) is 13.8. The molecule has 25 heavy (non-hydrogen) atoms. The maximum Gasteiger partial charge on any atom is 0.246 e. The maximum atomic E-state index is 5.88. The van der Waals surface area contributed by atoms with E-state index in [2.05, 4.69) is 35.8 Å². The quantitative estimate of drug-likeness (QED) is 0.523. The highest BCUT2D eigenvalue weighted by atomic mass is 35.5. The Kier molecular flexibility index (Phi) is 5.24. The van der Waals surface area contributed by atoms with Crippen molar-refractivity contribution in [2.45, 2.75) is 13.1 Å². The van der Waals surface area contributed by atoms with Crippen LogP contribution in [0.25, 0.3) is 11.4 Å². The van der Waals surface area contributed by atoms with Crippen molar-refractivity contribution in [3.05, 3.63) is 47.3 Å². The summed E-state index contributed by atoms with van der Waals surface area (Å²) < 4.78 is 6.94. The molecule has 0 atom stereocenters. The Morgan fingerprint density at radius 1 is 1.24 bits per heavy atom. The van der Waals surface area contributed by atoms with E-state index in [1.165, 1.54) is 6.33 Å². The van der Waals surface area contributed by atoms with E-state index in [0.29, 0.717) is 35.8 Å². The van der Waals surface area contributed by atoms with Crippen LogP contribution in [0.15, 0.2) is 40.1 Å². The number of hydrogen-bond acceptors (Lipinski definition) is 6. The van der Waals surface area contributed by atoms with Crippen molar-refractivity contribution < 1.29 is 4.52 Å². The molecule has 2 heterocycles. The first-order chi connectivity index (χ1) is 12.2. The van der Waals surface area contributed by atoms with E-state index in [-0.39, 0.29) is 0 Å². The topological polar surface area (TPSA) is 106 Å². The Bertz CT molecular complexity index is 855. The van der Waals surface area contributed by atoms with Crippen molar-refractivity contribution in [1.82, 2.24) is 35.5 Å². The normalized spacial score (nSPS) is 11.6. The minimum Gasteiger partial charge on any atom is -0.349 e. The van der Waals surface area contributed by atoms with Crippen LogP contribution in [-0.2, 0) is 20.1 Å². The molecule has 0 radical (unpaired) electrons. The van der Waals surface area contributed by atoms with Crippen LogP contribution in [0.1, 0.15) is 11.7 Å². The molecule has 9 nitrogen and oxygen atoms in total. The van der Waals surface area contributed by atoms with Gasteiger partial charge in [0.25, 0.3) is 0 Å². The number of benzene rings is 1. The van der Waals surface area contributed by atoms with Gasteiger partial charge in [-0.2, -0.15) is 10.1 Å². The van der Waals surface area contributed by atoms with Gasteiger partial charge >= 0.3 is 0 Å². The van der Waals surface area contributed by atoms with Crippen LogP contribution in [0.4, 0.5) is 0 Å². The molecular formula is C15H17ClN8O. The molecule has 10 heteroatoms. The number of aliphatic imine (C=N–C) groups is 1. The number of aryl methyl sites for hydroxylation is 1. The van der Waals surface area contributed by atoms with Crippen LogP contribution >= 0.6 is 11.6 Å². The number of nitrogens with zero attached hydrogens (tertiary/aromatic N) is 6. The molecule has 3 rings (SSSR count). The first-order valence-corrected chi connectivity index (χ1v) is 7.89. The largest absolute Gasteiger partial charge is 0.349 e. The van der Waals surface area contributed by atoms with E-state index >= 15 is 0 Å². The van der Waals surface area contributed by atoms with Crippen LogP contribution in [0.2, 0.25) is 5.02 Å². The molecule has 0 spiro atoms. The van der Waals surface area contributed by atoms with Gasteiger partial charge in [-0.25, -0.2) is 4.98 Å². The second-order valence-electron chi connectivity index (χ2n) is 5.10. The SMILES string of the molecule is CN=C(NCc1nc(-c2ccc(Cl)cc2)no1)NCc1ncnn1C. The van der Waals surface area contributed by atoms with Gasteiger partial charge in [-0.1, -0.05) is 16.8 Å². The van der Waals surface area contributed by atoms with Gasteiger partial charge in [0.15, 0.2) is 5.96 Å². The van der Waals surface area contributed by atoms with Gasteiger partial charge in [-0.05, 0) is 24.3 Å². The summed E-state index contributed by atoms with van der Waals surface area (Å²) in [5, 5.41) is 14.9. The highest BCUT2D eigenvalue weighted by Crippen LogP contribution is 2.18. The fourth-order valence-electron chi connectivity index (χ4n) is 2.07. The summed E-state index contributed by atoms with van der Waals surface area (Å²) in [4.78, 5) is 12.6. The molecule has 0 amide bonds. The number of guanidine groups is 1. The molecule has 0 fully saturated rings. The molecule has 0 aliphatic rings. The molecule has 1 aromatic carbocycles. The lowest BCUT2D eigenvalue weighted by atomic mass is 10.2. The van der Waals surface area contributed by atoms with E-state index in [1.807, 2.05) is 19.2 Å². The van der Waals surface area contributed by atoms with Gasteiger partial charge in [0, 0.05) is 24.7 Å². The summed E-state index contributed by atoms with van der Waals surface area (Å²) in [5.41, 5.74) is 0.837. The van der Waals surface area contributed by atoms with Gasteiger partial charge in [0.1, 0.15) is 12.2 Å². The van der Waals surface area contributed by atoms with Crippen LogP contribution < -0.4 is 10.6 Å². The van der Waals surface area contributed by atoms with Gasteiger partial charge in [0.2, 0.25) is 11.7 Å². The molecule has 0 saturated carbocycles. The molecule has 130 valence electrons. The number of aromatic nitrogens is 5. The number of hydrogen-bond donors (Lipinski definition) is 2. The first-order valence-electron chi connectivity index (χ1n) is 7.51. The minimum absolute atomic E-state index is 0.346. The Morgan fingerprint density at radius 3 is 2.68 bits per heavy atom. The van der Waals surface area contributed by atoms with E-state index < -0.39 is 0 Å². The van der Waals surface area contributed by atoms with Crippen LogP contribution in [0.3, 0.4) is 0 Å². The predicted octanol–water partition coefficient (Wildman–Crippen LogP) is 1.38. The second-order valence-corrected chi connectivity index (χ2v) is 5.53. The minimum atomic E-state index is 0.346. The summed E-state index contributed by atoms with van der Waals surface area (Å²) >= 11 is 5.88. The third kappa shape index (κ3) is 4.32. The van der Waals surface area contributed by atoms with Crippen molar-refractivity contribution >= 4 is 17.6 Å². The van der Waals surface area contributed by atoms with E-state index in [1.54, 1.807) is 23.9 Å². The molecule has 0 bridgehead atoms. The standard InChI is InChI=1S/C15H17ClN8O/c1-17-15(18-7-12-20-9-21-24(12)2)19-8-13-22-14(23-25-13)10-3-5-11(16)6-4-10/h3-6,9H,7-8H2,1-2H3,(H2,17,18,19). The molecular weight excluding hydrogens is 344 g/mol. The van der Waals surface area contributed by atoms with Gasteiger partial charge in [-0.3, -0.25) is 9.67 Å². The zero-order valence-corrected chi connectivity index (χ0v) is 14.5. The fraction of sp³-hybridized carbons (Fsp3) is 0.267. The number of rotatable bonds is 5. The molecule has 0 aliphatic heterocycles. The molecule has 0 saturated heterocycles. The summed E-state index contributed by atoms with van der Waals surface area (Å²) in [5.74, 6) is 2.35. The fourth-order valence-corrected chi connectivity index (χ4v) is 2.19. The summed E-state index contributed by atoms with van der Waals surface area (Å²) in [6, 6.07) is 7.24. The third-order valence-corrected chi connectivity index (χ3v) is 3.67. The monoisotopic (exact) mass is 360 g/mol. The average Bonchev–Trinajstić information content (AvgIpc) is 3.25. The summed E-state index contributed by atoms with van der Waals surface area (Å²) in [6.45, 7) is 0.842. The Hall–Kier alpha value is -2.94. The highest BCUT2D eigenvalue weighted by molar-refractivity contribution is 6.30. The Labute approximate surface area is 149 Å². The van der Waals surface area contributed by atoms with Gasteiger partial charge in [0.05, 0.1) is 13.1 Å². The lowest BCUT2D eigenvalue weighted by Crippen LogP contribution is -2.37. The van der Waals surface area contributed by atoms with Crippen LogP contribution in [0.5, 0.6) is 0 Å². The molecule has 0 unspecified atom stereocenters. The number of halogens is 1. The molecule has 3 aromatic rings. The smallest absolute Gasteiger partial charge is 0.246 e. The summed E-state index contributed by atoms with van der Waals surface area (Å²) in [6.07, 6.45) is 1.50. The van der Waals surface area contributed by atoms with Crippen molar-refractivity contribution in [3.8, 4) is 11.4 Å². The lowest BCUT2D eigenvalue weighted by molar-refractivity contribution is 0.375. The van der Waals surface area contributed by atoms with Crippen molar-refractivity contribution in [2.24, 2.45) is 12.0 Å². The Balaban J connectivity index is 1.55. The van der Waals surface area contributed by atoms with E-state index in [9.17, 15) is 0 Å². The summed E-state index contributed by atoms with van der Waals surface area (Å²) in [7, 11) is 3.51.